The van der Waals surface area contributed by atoms with E-state index in [1.54, 1.807) is 11.2 Å². The van der Waals surface area contributed by atoms with Crippen molar-refractivity contribution in [3.05, 3.63) is 59.5 Å². The normalized spacial score (nSPS) is 18.4. The van der Waals surface area contributed by atoms with Crippen molar-refractivity contribution in [1.82, 2.24) is 13.8 Å². The highest BCUT2D eigenvalue weighted by Crippen LogP contribution is 2.25. The van der Waals surface area contributed by atoms with Gasteiger partial charge in [0.2, 0.25) is 15.7 Å². The second-order valence-electron chi connectivity index (χ2n) is 7.70. The average molecular weight is 416 g/mol. The molecule has 1 saturated heterocycles. The van der Waals surface area contributed by atoms with Crippen LogP contribution in [-0.2, 0) is 16.6 Å². The maximum Gasteiger partial charge on any atom is 0.270 e. The largest absolute Gasteiger partial charge is 0.448 e. The van der Waals surface area contributed by atoms with Crippen molar-refractivity contribution in [1.29, 1.82) is 0 Å². The number of hydrogen-bond acceptors (Lipinski definition) is 4. The van der Waals surface area contributed by atoms with Crippen LogP contribution in [0.1, 0.15) is 28.5 Å². The molecule has 3 heterocycles. The Morgan fingerprint density at radius 2 is 1.97 bits per heavy atom. The average Bonchev–Trinajstić information content (AvgIpc) is 3.24. The Balaban J connectivity index is 1.65. The molecule has 0 aliphatic carbocycles. The number of fused-ring (bicyclic) bond motifs is 1. The highest BCUT2D eigenvalue weighted by atomic mass is 32.2. The number of nitrogens with zero attached hydrogens (tertiary/aromatic N) is 3. The van der Waals surface area contributed by atoms with E-state index in [9.17, 15) is 13.2 Å². The lowest BCUT2D eigenvalue weighted by atomic mass is 10.1. The summed E-state index contributed by atoms with van der Waals surface area (Å²) in [6.07, 6.45) is 2.84. The molecule has 4 rings (SSSR count). The smallest absolute Gasteiger partial charge is 0.270 e. The lowest BCUT2D eigenvalue weighted by molar-refractivity contribution is 0.0632. The van der Waals surface area contributed by atoms with E-state index < -0.39 is 10.0 Å². The summed E-state index contributed by atoms with van der Waals surface area (Å²) >= 11 is 0. The van der Waals surface area contributed by atoms with Crippen LogP contribution in [-0.4, -0.2) is 60.0 Å². The number of furan rings is 1. The number of aromatic nitrogens is 1. The molecule has 29 heavy (non-hydrogen) atoms. The number of piperazine rings is 1. The zero-order valence-electron chi connectivity index (χ0n) is 16.8. The molecule has 3 aromatic rings. The van der Waals surface area contributed by atoms with Gasteiger partial charge in [0.15, 0.2) is 0 Å². The van der Waals surface area contributed by atoms with Gasteiger partial charge in [0.05, 0.1) is 19.1 Å². The number of benzene rings is 1. The molecule has 0 bridgehead atoms. The van der Waals surface area contributed by atoms with Crippen molar-refractivity contribution in [3.8, 4) is 0 Å². The summed E-state index contributed by atoms with van der Waals surface area (Å²) in [6.45, 7) is 5.45. The molecule has 154 valence electrons. The molecule has 7 nitrogen and oxygen atoms in total. The summed E-state index contributed by atoms with van der Waals surface area (Å²) in [5, 5.41) is 0.879. The van der Waals surface area contributed by atoms with Crippen molar-refractivity contribution in [2.24, 2.45) is 0 Å². The number of sulfonamides is 1. The van der Waals surface area contributed by atoms with Gasteiger partial charge in [-0.3, -0.25) is 4.79 Å². The van der Waals surface area contributed by atoms with Crippen molar-refractivity contribution >= 4 is 27.0 Å². The van der Waals surface area contributed by atoms with Crippen molar-refractivity contribution in [3.63, 3.8) is 0 Å². The van der Waals surface area contributed by atoms with Gasteiger partial charge in [0, 0.05) is 31.1 Å². The molecule has 8 heteroatoms. The van der Waals surface area contributed by atoms with Gasteiger partial charge in [-0.15, -0.1) is 0 Å². The number of hydrogen-bond donors (Lipinski definition) is 0. The maximum absolute atomic E-state index is 13.4. The maximum atomic E-state index is 13.4. The minimum Gasteiger partial charge on any atom is -0.448 e. The SMILES string of the molecule is Cc1ccccc1Cn1c(C(=O)N2CCN(S(C)(=O)=O)C(C)C2)cc2ccoc21. The number of rotatable bonds is 4. The van der Waals surface area contributed by atoms with Gasteiger partial charge >= 0.3 is 0 Å². The topological polar surface area (TPSA) is 75.8 Å². The predicted octanol–water partition coefficient (Wildman–Crippen LogP) is 2.70. The van der Waals surface area contributed by atoms with Crippen molar-refractivity contribution in [2.45, 2.75) is 26.4 Å². The van der Waals surface area contributed by atoms with Crippen molar-refractivity contribution in [2.75, 3.05) is 25.9 Å². The fraction of sp³-hybridized carbons (Fsp3) is 0.381. The predicted molar refractivity (Wildman–Crippen MR) is 111 cm³/mol. The molecule has 0 spiro atoms. The monoisotopic (exact) mass is 415 g/mol. The summed E-state index contributed by atoms with van der Waals surface area (Å²) in [7, 11) is -3.28. The quantitative estimate of drug-likeness (QED) is 0.657. The summed E-state index contributed by atoms with van der Waals surface area (Å²) in [5.41, 5.74) is 3.49. The highest BCUT2D eigenvalue weighted by Gasteiger charge is 2.33. The van der Waals surface area contributed by atoms with Crippen LogP contribution in [0.4, 0.5) is 0 Å². The van der Waals surface area contributed by atoms with Gasteiger partial charge in [-0.2, -0.15) is 4.31 Å². The number of carbonyl (C=O) groups is 1. The number of aryl methyl sites for hydroxylation is 1. The molecule has 1 atom stereocenters. The van der Waals surface area contributed by atoms with E-state index in [1.807, 2.05) is 54.8 Å². The van der Waals surface area contributed by atoms with E-state index in [-0.39, 0.29) is 11.9 Å². The van der Waals surface area contributed by atoms with Gasteiger partial charge in [-0.05, 0) is 37.1 Å². The fourth-order valence-electron chi connectivity index (χ4n) is 4.05. The lowest BCUT2D eigenvalue weighted by Crippen LogP contribution is -2.55. The first-order chi connectivity index (χ1) is 13.8. The van der Waals surface area contributed by atoms with E-state index in [0.717, 1.165) is 16.5 Å². The third-order valence-electron chi connectivity index (χ3n) is 5.59. The molecule has 1 aromatic carbocycles. The van der Waals surface area contributed by atoms with E-state index in [2.05, 4.69) is 0 Å². The lowest BCUT2D eigenvalue weighted by Gasteiger charge is -2.38. The fourth-order valence-corrected chi connectivity index (χ4v) is 5.18. The summed E-state index contributed by atoms with van der Waals surface area (Å²) < 4.78 is 32.9. The Kier molecular flexibility index (Phi) is 5.00. The Morgan fingerprint density at radius 1 is 1.21 bits per heavy atom. The van der Waals surface area contributed by atoms with E-state index in [4.69, 9.17) is 4.42 Å². The molecule has 0 N–H and O–H groups in total. The Labute approximate surface area is 170 Å². The Bertz CT molecular complexity index is 1160. The number of amides is 1. The van der Waals surface area contributed by atoms with Gasteiger partial charge < -0.3 is 13.9 Å². The molecule has 1 fully saturated rings. The first-order valence-corrected chi connectivity index (χ1v) is 11.5. The molecule has 0 radical (unpaired) electrons. The highest BCUT2D eigenvalue weighted by molar-refractivity contribution is 7.88. The minimum atomic E-state index is -3.28. The Hall–Kier alpha value is -2.58. The molecule has 2 aromatic heterocycles. The summed E-state index contributed by atoms with van der Waals surface area (Å²) in [4.78, 5) is 15.1. The second-order valence-corrected chi connectivity index (χ2v) is 9.63. The minimum absolute atomic E-state index is 0.106. The molecular weight excluding hydrogens is 390 g/mol. The van der Waals surface area contributed by atoms with Crippen LogP contribution in [0.3, 0.4) is 0 Å². The van der Waals surface area contributed by atoms with E-state index in [1.165, 1.54) is 10.6 Å². The Morgan fingerprint density at radius 3 is 2.66 bits per heavy atom. The first-order valence-electron chi connectivity index (χ1n) is 9.63. The van der Waals surface area contributed by atoms with Gasteiger partial charge in [0.1, 0.15) is 5.69 Å². The second kappa shape index (κ2) is 7.35. The van der Waals surface area contributed by atoms with E-state index >= 15 is 0 Å². The molecule has 1 aliphatic heterocycles. The first kappa shape index (κ1) is 19.7. The molecule has 1 aliphatic rings. The zero-order chi connectivity index (χ0) is 20.8. The third-order valence-corrected chi connectivity index (χ3v) is 6.99. The van der Waals surface area contributed by atoms with Gasteiger partial charge in [-0.25, -0.2) is 8.42 Å². The zero-order valence-corrected chi connectivity index (χ0v) is 17.6. The molecule has 0 saturated carbocycles. The molecular formula is C21H25N3O4S. The summed E-state index contributed by atoms with van der Waals surface area (Å²) in [6, 6.07) is 11.5. The van der Waals surface area contributed by atoms with Crippen LogP contribution < -0.4 is 0 Å². The van der Waals surface area contributed by atoms with Gasteiger partial charge in [-0.1, -0.05) is 24.3 Å². The number of carbonyl (C=O) groups excluding carboxylic acids is 1. The third kappa shape index (κ3) is 3.70. The van der Waals surface area contributed by atoms with Crippen LogP contribution in [0.15, 0.2) is 47.1 Å². The van der Waals surface area contributed by atoms with Gasteiger partial charge in [0.25, 0.3) is 5.91 Å². The molecule has 1 unspecified atom stereocenters. The van der Waals surface area contributed by atoms with Crippen LogP contribution >= 0.6 is 0 Å². The standard InChI is InChI=1S/C21H25N3O4S/c1-15-6-4-5-7-18(15)14-23-19(12-17-8-11-28-21(17)23)20(25)22-9-10-24(16(2)13-22)29(3,26)27/h4-8,11-12,16H,9-10,13-14H2,1-3H3. The van der Waals surface area contributed by atoms with E-state index in [0.29, 0.717) is 37.6 Å². The van der Waals surface area contributed by atoms with Crippen molar-refractivity contribution < 1.29 is 17.6 Å². The van der Waals surface area contributed by atoms with Crippen LogP contribution in [0.2, 0.25) is 0 Å². The van der Waals surface area contributed by atoms with Crippen LogP contribution in [0.5, 0.6) is 0 Å². The van der Waals surface area contributed by atoms with Crippen LogP contribution in [0.25, 0.3) is 11.1 Å². The van der Waals surface area contributed by atoms with Crippen LogP contribution in [0, 0.1) is 6.92 Å². The summed E-state index contributed by atoms with van der Waals surface area (Å²) in [5.74, 6) is -0.106. The molecule has 1 amide bonds.